The van der Waals surface area contributed by atoms with Crippen LogP contribution in [0.15, 0.2) is 18.2 Å². The van der Waals surface area contributed by atoms with E-state index in [2.05, 4.69) is 10.6 Å². The molecule has 1 aromatic rings. The summed E-state index contributed by atoms with van der Waals surface area (Å²) in [6.45, 7) is 0. The Morgan fingerprint density at radius 2 is 1.73 bits per heavy atom. The molecule has 0 saturated heterocycles. The van der Waals surface area contributed by atoms with Crippen molar-refractivity contribution < 1.29 is 9.59 Å². The number of carbonyl (C=O) groups excluding carboxylic acids is 2. The number of carbonyl (C=O) groups is 2. The average molecular weight is 341 g/mol. The monoisotopic (exact) mass is 340 g/mol. The lowest BCUT2D eigenvalue weighted by molar-refractivity contribution is -0.125. The standard InChI is InChI=1S/C16H18Cl2N2O2/c17-12-6-3-7-13(14(12)18)20-16(22)11-8-10(11)15(21)19-9-4-1-2-5-9/h3,6-7,9-11H,1-2,4-5,8H2,(H,19,21)(H,20,22). The van der Waals surface area contributed by atoms with Gasteiger partial charge in [0.2, 0.25) is 11.8 Å². The molecule has 6 heteroatoms. The Morgan fingerprint density at radius 3 is 2.45 bits per heavy atom. The molecule has 22 heavy (non-hydrogen) atoms. The third-order valence-electron chi connectivity index (χ3n) is 4.37. The number of anilines is 1. The topological polar surface area (TPSA) is 58.2 Å². The SMILES string of the molecule is O=C(Nc1cccc(Cl)c1Cl)C1CC1C(=O)NC1CCCC1. The van der Waals surface area contributed by atoms with Crippen molar-refractivity contribution in [2.75, 3.05) is 5.32 Å². The van der Waals surface area contributed by atoms with Crippen LogP contribution >= 0.6 is 23.2 Å². The number of rotatable bonds is 4. The molecule has 2 fully saturated rings. The number of hydrogen-bond donors (Lipinski definition) is 2. The van der Waals surface area contributed by atoms with Gasteiger partial charge in [0.1, 0.15) is 0 Å². The van der Waals surface area contributed by atoms with Crippen LogP contribution in [0.5, 0.6) is 0 Å². The van der Waals surface area contributed by atoms with Gasteiger partial charge in [-0.05, 0) is 31.4 Å². The molecule has 0 aromatic heterocycles. The first-order valence-corrected chi connectivity index (χ1v) is 8.37. The van der Waals surface area contributed by atoms with E-state index in [9.17, 15) is 9.59 Å². The van der Waals surface area contributed by atoms with Crippen molar-refractivity contribution in [3.63, 3.8) is 0 Å². The van der Waals surface area contributed by atoms with Gasteiger partial charge in [-0.2, -0.15) is 0 Å². The second kappa shape index (κ2) is 6.47. The molecule has 0 spiro atoms. The van der Waals surface area contributed by atoms with E-state index in [4.69, 9.17) is 23.2 Å². The molecule has 2 amide bonds. The summed E-state index contributed by atoms with van der Waals surface area (Å²) in [4.78, 5) is 24.3. The van der Waals surface area contributed by atoms with Gasteiger partial charge in [0.15, 0.2) is 0 Å². The van der Waals surface area contributed by atoms with E-state index in [-0.39, 0.29) is 23.7 Å². The summed E-state index contributed by atoms with van der Waals surface area (Å²) in [5.41, 5.74) is 0.487. The number of amides is 2. The lowest BCUT2D eigenvalue weighted by Gasteiger charge is -2.12. The summed E-state index contributed by atoms with van der Waals surface area (Å²) >= 11 is 12.0. The molecule has 2 atom stereocenters. The summed E-state index contributed by atoms with van der Waals surface area (Å²) < 4.78 is 0. The van der Waals surface area contributed by atoms with Crippen LogP contribution < -0.4 is 10.6 Å². The Bertz CT molecular complexity index is 600. The van der Waals surface area contributed by atoms with Gasteiger partial charge in [0.05, 0.1) is 27.6 Å². The molecule has 2 unspecified atom stereocenters. The first-order chi connectivity index (χ1) is 10.6. The second-order valence-corrected chi connectivity index (χ2v) is 6.81. The van der Waals surface area contributed by atoms with Crippen LogP contribution in [0.25, 0.3) is 0 Å². The molecule has 0 radical (unpaired) electrons. The Balaban J connectivity index is 1.54. The van der Waals surface area contributed by atoms with E-state index < -0.39 is 0 Å². The summed E-state index contributed by atoms with van der Waals surface area (Å²) in [6.07, 6.45) is 5.04. The van der Waals surface area contributed by atoms with Gasteiger partial charge in [-0.25, -0.2) is 0 Å². The van der Waals surface area contributed by atoms with Gasteiger partial charge in [0, 0.05) is 6.04 Å². The molecular formula is C16H18Cl2N2O2. The van der Waals surface area contributed by atoms with Gasteiger partial charge in [-0.15, -0.1) is 0 Å². The normalized spacial score (nSPS) is 24.1. The largest absolute Gasteiger partial charge is 0.353 e. The molecule has 0 bridgehead atoms. The molecule has 2 saturated carbocycles. The van der Waals surface area contributed by atoms with E-state index in [0.717, 1.165) is 12.8 Å². The van der Waals surface area contributed by atoms with E-state index in [1.165, 1.54) is 12.8 Å². The lowest BCUT2D eigenvalue weighted by atomic mass is 10.2. The molecule has 3 rings (SSSR count). The van der Waals surface area contributed by atoms with Crippen molar-refractivity contribution in [1.29, 1.82) is 0 Å². The van der Waals surface area contributed by atoms with Gasteiger partial charge in [-0.3, -0.25) is 9.59 Å². The number of hydrogen-bond acceptors (Lipinski definition) is 2. The quantitative estimate of drug-likeness (QED) is 0.879. The van der Waals surface area contributed by atoms with Crippen LogP contribution in [0.4, 0.5) is 5.69 Å². The predicted octanol–water partition coefficient (Wildman–Crippen LogP) is 3.63. The van der Waals surface area contributed by atoms with Crippen LogP contribution in [0.1, 0.15) is 32.1 Å². The lowest BCUT2D eigenvalue weighted by Crippen LogP contribution is -2.34. The van der Waals surface area contributed by atoms with Gasteiger partial charge >= 0.3 is 0 Å². The van der Waals surface area contributed by atoms with Crippen molar-refractivity contribution >= 4 is 40.7 Å². The fourth-order valence-corrected chi connectivity index (χ4v) is 3.33. The Morgan fingerprint density at radius 1 is 1.05 bits per heavy atom. The molecule has 2 aliphatic carbocycles. The van der Waals surface area contributed by atoms with E-state index >= 15 is 0 Å². The van der Waals surface area contributed by atoms with E-state index in [1.807, 2.05) is 0 Å². The molecule has 1 aromatic carbocycles. The smallest absolute Gasteiger partial charge is 0.228 e. The zero-order valence-corrected chi connectivity index (χ0v) is 13.6. The summed E-state index contributed by atoms with van der Waals surface area (Å²) in [7, 11) is 0. The second-order valence-electron chi connectivity index (χ2n) is 6.03. The fraction of sp³-hybridized carbons (Fsp3) is 0.500. The maximum absolute atomic E-state index is 12.2. The number of halogens is 2. The van der Waals surface area contributed by atoms with Crippen molar-refractivity contribution in [1.82, 2.24) is 5.32 Å². The highest BCUT2D eigenvalue weighted by Crippen LogP contribution is 2.40. The first kappa shape index (κ1) is 15.6. The van der Waals surface area contributed by atoms with Gasteiger partial charge in [0.25, 0.3) is 0 Å². The summed E-state index contributed by atoms with van der Waals surface area (Å²) in [5, 5.41) is 6.52. The van der Waals surface area contributed by atoms with Crippen LogP contribution in [-0.4, -0.2) is 17.9 Å². The van der Waals surface area contributed by atoms with Crippen LogP contribution in [0.2, 0.25) is 10.0 Å². The fourth-order valence-electron chi connectivity index (χ4n) is 2.98. The zero-order chi connectivity index (χ0) is 15.7. The molecular weight excluding hydrogens is 323 g/mol. The third-order valence-corrected chi connectivity index (χ3v) is 5.19. The summed E-state index contributed by atoms with van der Waals surface area (Å²) in [5.74, 6) is -0.644. The van der Waals surface area contributed by atoms with Crippen LogP contribution in [-0.2, 0) is 9.59 Å². The molecule has 0 heterocycles. The first-order valence-electron chi connectivity index (χ1n) is 7.61. The van der Waals surface area contributed by atoms with Crippen molar-refractivity contribution in [3.8, 4) is 0 Å². The minimum Gasteiger partial charge on any atom is -0.353 e. The van der Waals surface area contributed by atoms with Gasteiger partial charge in [-0.1, -0.05) is 42.1 Å². The van der Waals surface area contributed by atoms with Crippen molar-refractivity contribution in [2.24, 2.45) is 11.8 Å². The number of nitrogens with one attached hydrogen (secondary N) is 2. The molecule has 0 aliphatic heterocycles. The van der Waals surface area contributed by atoms with Gasteiger partial charge < -0.3 is 10.6 Å². The Hall–Kier alpha value is -1.26. The van der Waals surface area contributed by atoms with Crippen LogP contribution in [0.3, 0.4) is 0 Å². The molecule has 118 valence electrons. The summed E-state index contributed by atoms with van der Waals surface area (Å²) in [6, 6.07) is 5.37. The van der Waals surface area contributed by atoms with E-state index in [0.29, 0.717) is 28.2 Å². The maximum atomic E-state index is 12.2. The predicted molar refractivity (Wildman–Crippen MR) is 87.1 cm³/mol. The maximum Gasteiger partial charge on any atom is 0.228 e. The number of benzene rings is 1. The molecule has 2 N–H and O–H groups in total. The highest BCUT2D eigenvalue weighted by Gasteiger charge is 2.48. The average Bonchev–Trinajstić information content (AvgIpc) is 3.15. The van der Waals surface area contributed by atoms with Crippen molar-refractivity contribution in [3.05, 3.63) is 28.2 Å². The third kappa shape index (κ3) is 3.39. The van der Waals surface area contributed by atoms with E-state index in [1.54, 1.807) is 18.2 Å². The Kier molecular flexibility index (Phi) is 4.59. The highest BCUT2D eigenvalue weighted by molar-refractivity contribution is 6.44. The minimum absolute atomic E-state index is 0.00393. The van der Waals surface area contributed by atoms with Crippen LogP contribution in [0, 0.1) is 11.8 Å². The highest BCUT2D eigenvalue weighted by atomic mass is 35.5. The minimum atomic E-state index is -0.267. The Labute approximate surface area is 139 Å². The van der Waals surface area contributed by atoms with Crippen molar-refractivity contribution in [2.45, 2.75) is 38.1 Å². The zero-order valence-electron chi connectivity index (χ0n) is 12.1. The molecule has 4 nitrogen and oxygen atoms in total. The molecule has 2 aliphatic rings.